The summed E-state index contributed by atoms with van der Waals surface area (Å²) in [6.45, 7) is 2.37. The summed E-state index contributed by atoms with van der Waals surface area (Å²) in [4.78, 5) is 24.0. The molecule has 0 bridgehead atoms. The molecule has 1 aromatic carbocycles. The SMILES string of the molecule is C/C=C/Cn1cc(-c2cc(C(=O)O)ccc2OC)c2c(c1=O)CC=C2. The highest BCUT2D eigenvalue weighted by Gasteiger charge is 2.20. The molecule has 2 aromatic rings. The first-order valence-electron chi connectivity index (χ1n) is 8.02. The molecule has 1 N–H and O–H groups in total. The zero-order valence-corrected chi connectivity index (χ0v) is 14.2. The van der Waals surface area contributed by atoms with Crippen LogP contribution in [0.15, 0.2) is 47.4 Å². The largest absolute Gasteiger partial charge is 0.496 e. The molecule has 0 amide bonds. The number of fused-ring (bicyclic) bond motifs is 1. The standard InChI is InChI=1S/C20H19NO4/c1-3-4-10-21-12-17(14-6-5-7-15(14)19(21)22)16-11-13(20(23)24)8-9-18(16)25-2/h3-6,8-9,11-12H,7,10H2,1-2H3,(H,23,24)/b4-3+. The maximum Gasteiger partial charge on any atom is 0.335 e. The summed E-state index contributed by atoms with van der Waals surface area (Å²) in [6, 6.07) is 4.75. The molecule has 5 nitrogen and oxygen atoms in total. The Morgan fingerprint density at radius 2 is 2.16 bits per heavy atom. The van der Waals surface area contributed by atoms with Crippen molar-refractivity contribution in [2.24, 2.45) is 0 Å². The van der Waals surface area contributed by atoms with Crippen LogP contribution in [0.2, 0.25) is 0 Å². The summed E-state index contributed by atoms with van der Waals surface area (Å²) in [6.07, 6.45) is 10.0. The number of rotatable bonds is 5. The third-order valence-corrected chi connectivity index (χ3v) is 4.30. The van der Waals surface area contributed by atoms with Gasteiger partial charge >= 0.3 is 5.97 Å². The van der Waals surface area contributed by atoms with Crippen LogP contribution in [0.5, 0.6) is 5.75 Å². The maximum atomic E-state index is 12.6. The number of benzene rings is 1. The first kappa shape index (κ1) is 16.8. The monoisotopic (exact) mass is 337 g/mol. The van der Waals surface area contributed by atoms with Gasteiger partial charge in [-0.15, -0.1) is 0 Å². The zero-order chi connectivity index (χ0) is 18.0. The van der Waals surface area contributed by atoms with E-state index >= 15 is 0 Å². The van der Waals surface area contributed by atoms with Crippen LogP contribution in [0.3, 0.4) is 0 Å². The molecule has 0 unspecified atom stereocenters. The Balaban J connectivity index is 2.28. The van der Waals surface area contributed by atoms with Gasteiger partial charge in [-0.1, -0.05) is 24.3 Å². The first-order chi connectivity index (χ1) is 12.1. The van der Waals surface area contributed by atoms with Gasteiger partial charge in [0.05, 0.1) is 12.7 Å². The van der Waals surface area contributed by atoms with Crippen molar-refractivity contribution in [3.63, 3.8) is 0 Å². The van der Waals surface area contributed by atoms with Crippen LogP contribution in [0.1, 0.15) is 28.4 Å². The van der Waals surface area contributed by atoms with E-state index in [9.17, 15) is 14.7 Å². The second-order valence-electron chi connectivity index (χ2n) is 5.79. The van der Waals surface area contributed by atoms with E-state index in [1.165, 1.54) is 6.07 Å². The number of pyridine rings is 1. The van der Waals surface area contributed by atoms with E-state index in [0.29, 0.717) is 24.3 Å². The number of aromatic carboxylic acids is 1. The summed E-state index contributed by atoms with van der Waals surface area (Å²) in [5.41, 5.74) is 3.19. The predicted molar refractivity (Wildman–Crippen MR) is 97.2 cm³/mol. The summed E-state index contributed by atoms with van der Waals surface area (Å²) >= 11 is 0. The average Bonchev–Trinajstić information content (AvgIpc) is 3.11. The highest BCUT2D eigenvalue weighted by atomic mass is 16.5. The Bertz CT molecular complexity index is 951. The molecule has 0 atom stereocenters. The lowest BCUT2D eigenvalue weighted by atomic mass is 9.97. The third kappa shape index (κ3) is 3.01. The molecule has 0 radical (unpaired) electrons. The maximum absolute atomic E-state index is 12.6. The lowest BCUT2D eigenvalue weighted by molar-refractivity contribution is 0.0697. The van der Waals surface area contributed by atoms with Gasteiger partial charge in [0, 0.05) is 29.4 Å². The molecule has 0 saturated heterocycles. The van der Waals surface area contributed by atoms with E-state index in [1.807, 2.05) is 31.2 Å². The average molecular weight is 337 g/mol. The van der Waals surface area contributed by atoms with E-state index in [1.54, 1.807) is 30.0 Å². The molecular weight excluding hydrogens is 318 g/mol. The van der Waals surface area contributed by atoms with Gasteiger partial charge in [0.25, 0.3) is 5.56 Å². The fourth-order valence-electron chi connectivity index (χ4n) is 3.04. The fraction of sp³-hybridized carbons (Fsp3) is 0.200. The Kier molecular flexibility index (Phi) is 4.57. The second-order valence-corrected chi connectivity index (χ2v) is 5.79. The van der Waals surface area contributed by atoms with E-state index in [2.05, 4.69) is 0 Å². The molecule has 1 heterocycles. The van der Waals surface area contributed by atoms with E-state index in [-0.39, 0.29) is 11.1 Å². The van der Waals surface area contributed by atoms with Gasteiger partial charge in [-0.05, 0) is 37.1 Å². The smallest absolute Gasteiger partial charge is 0.335 e. The quantitative estimate of drug-likeness (QED) is 0.850. The molecule has 0 fully saturated rings. The van der Waals surface area contributed by atoms with Crippen LogP contribution < -0.4 is 10.3 Å². The number of hydrogen-bond donors (Lipinski definition) is 1. The normalized spacial score (nSPS) is 12.6. The summed E-state index contributed by atoms with van der Waals surface area (Å²) in [5.74, 6) is -0.429. The molecule has 0 spiro atoms. The van der Waals surface area contributed by atoms with E-state index in [4.69, 9.17) is 4.74 Å². The minimum Gasteiger partial charge on any atom is -0.496 e. The fourth-order valence-corrected chi connectivity index (χ4v) is 3.04. The second kappa shape index (κ2) is 6.81. The minimum absolute atomic E-state index is 0.0183. The van der Waals surface area contributed by atoms with Crippen molar-refractivity contribution in [1.82, 2.24) is 4.57 Å². The van der Waals surface area contributed by atoms with Crippen molar-refractivity contribution in [2.45, 2.75) is 19.9 Å². The number of ether oxygens (including phenoxy) is 1. The highest BCUT2D eigenvalue weighted by molar-refractivity contribution is 5.92. The number of allylic oxidation sites excluding steroid dienone is 3. The summed E-state index contributed by atoms with van der Waals surface area (Å²) in [7, 11) is 1.55. The molecule has 3 rings (SSSR count). The van der Waals surface area contributed by atoms with Crippen molar-refractivity contribution in [3.05, 3.63) is 69.7 Å². The molecule has 0 saturated carbocycles. The summed E-state index contributed by atoms with van der Waals surface area (Å²) in [5, 5.41) is 9.31. The number of hydrogen-bond acceptors (Lipinski definition) is 3. The van der Waals surface area contributed by atoms with E-state index in [0.717, 1.165) is 16.7 Å². The number of carbonyl (C=O) groups is 1. The van der Waals surface area contributed by atoms with Crippen LogP contribution in [-0.2, 0) is 13.0 Å². The molecule has 128 valence electrons. The van der Waals surface area contributed by atoms with Crippen molar-refractivity contribution >= 4 is 12.0 Å². The van der Waals surface area contributed by atoms with Crippen LogP contribution in [0.4, 0.5) is 0 Å². The van der Waals surface area contributed by atoms with Crippen LogP contribution in [-0.4, -0.2) is 22.8 Å². The van der Waals surface area contributed by atoms with Crippen LogP contribution >= 0.6 is 0 Å². The van der Waals surface area contributed by atoms with Crippen molar-refractivity contribution < 1.29 is 14.6 Å². The third-order valence-electron chi connectivity index (χ3n) is 4.30. The Morgan fingerprint density at radius 3 is 2.84 bits per heavy atom. The first-order valence-corrected chi connectivity index (χ1v) is 8.02. The highest BCUT2D eigenvalue weighted by Crippen LogP contribution is 2.36. The van der Waals surface area contributed by atoms with Crippen molar-refractivity contribution in [3.8, 4) is 16.9 Å². The van der Waals surface area contributed by atoms with Gasteiger partial charge in [-0.2, -0.15) is 0 Å². The zero-order valence-electron chi connectivity index (χ0n) is 14.2. The lowest BCUT2D eigenvalue weighted by Gasteiger charge is -2.15. The van der Waals surface area contributed by atoms with Gasteiger partial charge in [-0.25, -0.2) is 4.79 Å². The van der Waals surface area contributed by atoms with Crippen molar-refractivity contribution in [2.75, 3.05) is 7.11 Å². The topological polar surface area (TPSA) is 68.5 Å². The van der Waals surface area contributed by atoms with Crippen LogP contribution in [0.25, 0.3) is 17.2 Å². The molecular formula is C20H19NO4. The minimum atomic E-state index is -1.00. The van der Waals surface area contributed by atoms with Gasteiger partial charge < -0.3 is 14.4 Å². The van der Waals surface area contributed by atoms with Crippen LogP contribution in [0, 0.1) is 0 Å². The number of aromatic nitrogens is 1. The molecule has 1 aliphatic carbocycles. The Morgan fingerprint density at radius 1 is 1.36 bits per heavy atom. The van der Waals surface area contributed by atoms with E-state index < -0.39 is 5.97 Å². The number of carboxylic acids is 1. The number of methoxy groups -OCH3 is 1. The molecule has 0 aliphatic heterocycles. The molecule has 5 heteroatoms. The van der Waals surface area contributed by atoms with Gasteiger partial charge in [0.1, 0.15) is 5.75 Å². The van der Waals surface area contributed by atoms with Crippen molar-refractivity contribution in [1.29, 1.82) is 0 Å². The number of carboxylic acid groups (broad SMARTS) is 1. The lowest BCUT2D eigenvalue weighted by Crippen LogP contribution is -2.23. The van der Waals surface area contributed by atoms with Gasteiger partial charge in [0.15, 0.2) is 0 Å². The number of nitrogens with zero attached hydrogens (tertiary/aromatic N) is 1. The summed E-state index contributed by atoms with van der Waals surface area (Å²) < 4.78 is 7.07. The molecule has 25 heavy (non-hydrogen) atoms. The molecule has 1 aromatic heterocycles. The van der Waals surface area contributed by atoms with Gasteiger partial charge in [-0.3, -0.25) is 4.79 Å². The van der Waals surface area contributed by atoms with Gasteiger partial charge in [0.2, 0.25) is 0 Å². The predicted octanol–water partition coefficient (Wildman–Crippen LogP) is 3.37. The molecule has 1 aliphatic rings. The Labute approximate surface area is 145 Å². The Hall–Kier alpha value is -3.08.